The normalized spacial score (nSPS) is 16.5. The van der Waals surface area contributed by atoms with Crippen LogP contribution in [0.1, 0.15) is 50.0 Å². The molecule has 1 aromatic heterocycles. The van der Waals surface area contributed by atoms with E-state index in [0.717, 1.165) is 29.7 Å². The van der Waals surface area contributed by atoms with Crippen molar-refractivity contribution in [2.45, 2.75) is 25.2 Å². The van der Waals surface area contributed by atoms with Crippen molar-refractivity contribution in [3.05, 3.63) is 52.3 Å². The summed E-state index contributed by atoms with van der Waals surface area (Å²) in [6.07, 6.45) is 2.44. The van der Waals surface area contributed by atoms with Crippen LogP contribution < -0.4 is 0 Å². The second kappa shape index (κ2) is 6.11. The van der Waals surface area contributed by atoms with E-state index >= 15 is 0 Å². The quantitative estimate of drug-likeness (QED) is 0.936. The Hall–Kier alpha value is -2.63. The van der Waals surface area contributed by atoms with Crippen molar-refractivity contribution in [3.8, 4) is 0 Å². The third kappa shape index (κ3) is 2.79. The van der Waals surface area contributed by atoms with Crippen molar-refractivity contribution >= 4 is 11.9 Å². The van der Waals surface area contributed by atoms with Crippen molar-refractivity contribution in [2.24, 2.45) is 7.05 Å². The van der Waals surface area contributed by atoms with E-state index in [4.69, 9.17) is 0 Å². The van der Waals surface area contributed by atoms with E-state index in [1.807, 2.05) is 24.3 Å². The van der Waals surface area contributed by atoms with Gasteiger partial charge in [-0.15, -0.1) is 0 Å². The molecule has 6 nitrogen and oxygen atoms in total. The van der Waals surface area contributed by atoms with Crippen molar-refractivity contribution in [1.29, 1.82) is 0 Å². The molecule has 1 heterocycles. The Balaban J connectivity index is 1.85. The lowest BCUT2D eigenvalue weighted by atomic mass is 9.81. The van der Waals surface area contributed by atoms with Gasteiger partial charge in [0.1, 0.15) is 0 Å². The fourth-order valence-corrected chi connectivity index (χ4v) is 3.40. The van der Waals surface area contributed by atoms with Crippen LogP contribution in [0.5, 0.6) is 0 Å². The summed E-state index contributed by atoms with van der Waals surface area (Å²) in [5.74, 6) is -0.740. The number of hydrogen-bond donors (Lipinski definition) is 1. The van der Waals surface area contributed by atoms with Crippen LogP contribution in [0.15, 0.2) is 24.3 Å². The minimum atomic E-state index is -0.973. The molecule has 1 aromatic carbocycles. The standard InChI is InChI=1S/C18H21N3O3/c1-20(2)17(22)12-6-4-11(5-7-12)13-8-9-15-14(10-13)16(18(23)24)19-21(15)3/h4-7,13H,8-10H2,1-3H3,(H,23,24)/t13-/m1/s1. The van der Waals surface area contributed by atoms with Gasteiger partial charge in [0.05, 0.1) is 0 Å². The Labute approximate surface area is 140 Å². The molecule has 0 radical (unpaired) electrons. The first-order valence-corrected chi connectivity index (χ1v) is 7.98. The summed E-state index contributed by atoms with van der Waals surface area (Å²) in [6, 6.07) is 7.63. The number of fused-ring (bicyclic) bond motifs is 1. The molecule has 0 bridgehead atoms. The summed E-state index contributed by atoms with van der Waals surface area (Å²) in [5, 5.41) is 13.5. The van der Waals surface area contributed by atoms with Crippen molar-refractivity contribution in [3.63, 3.8) is 0 Å². The number of carbonyl (C=O) groups excluding carboxylic acids is 1. The van der Waals surface area contributed by atoms with Gasteiger partial charge in [0.15, 0.2) is 5.69 Å². The average Bonchev–Trinajstić information content (AvgIpc) is 2.91. The summed E-state index contributed by atoms with van der Waals surface area (Å²) >= 11 is 0. The first-order chi connectivity index (χ1) is 11.4. The molecule has 3 rings (SSSR count). The molecule has 0 unspecified atom stereocenters. The largest absolute Gasteiger partial charge is 0.476 e. The van der Waals surface area contributed by atoms with Gasteiger partial charge in [-0.25, -0.2) is 4.79 Å². The van der Waals surface area contributed by atoms with E-state index < -0.39 is 5.97 Å². The lowest BCUT2D eigenvalue weighted by Crippen LogP contribution is -2.21. The van der Waals surface area contributed by atoms with Crippen LogP contribution in [0, 0.1) is 0 Å². The summed E-state index contributed by atoms with van der Waals surface area (Å²) in [7, 11) is 5.26. The number of aryl methyl sites for hydroxylation is 1. The highest BCUT2D eigenvalue weighted by Crippen LogP contribution is 2.34. The lowest BCUT2D eigenvalue weighted by Gasteiger charge is -2.23. The Morgan fingerprint density at radius 3 is 2.50 bits per heavy atom. The van der Waals surface area contributed by atoms with Gasteiger partial charge in [0.25, 0.3) is 5.91 Å². The molecular weight excluding hydrogens is 306 g/mol. The molecule has 6 heteroatoms. The maximum absolute atomic E-state index is 12.0. The highest BCUT2D eigenvalue weighted by Gasteiger charge is 2.28. The predicted octanol–water partition coefficient (Wildman–Crippen LogP) is 2.09. The van der Waals surface area contributed by atoms with Crippen LogP contribution in [0.3, 0.4) is 0 Å². The molecule has 2 aromatic rings. The molecule has 1 amide bonds. The second-order valence-corrected chi connectivity index (χ2v) is 6.46. The third-order valence-electron chi connectivity index (χ3n) is 4.69. The Bertz CT molecular complexity index is 791. The topological polar surface area (TPSA) is 75.4 Å². The Morgan fingerprint density at radius 2 is 1.92 bits per heavy atom. The van der Waals surface area contributed by atoms with Gasteiger partial charge in [0.2, 0.25) is 0 Å². The molecule has 1 aliphatic rings. The van der Waals surface area contributed by atoms with Gasteiger partial charge in [-0.2, -0.15) is 5.10 Å². The summed E-state index contributed by atoms with van der Waals surface area (Å²) in [4.78, 5) is 24.9. The minimum Gasteiger partial charge on any atom is -0.476 e. The number of aromatic carboxylic acids is 1. The zero-order valence-corrected chi connectivity index (χ0v) is 14.1. The van der Waals surface area contributed by atoms with E-state index in [0.29, 0.717) is 12.0 Å². The average molecular weight is 327 g/mol. The fourth-order valence-electron chi connectivity index (χ4n) is 3.40. The molecular formula is C18H21N3O3. The van der Waals surface area contributed by atoms with Crippen molar-refractivity contribution in [1.82, 2.24) is 14.7 Å². The van der Waals surface area contributed by atoms with Crippen LogP contribution in [0.25, 0.3) is 0 Å². The van der Waals surface area contributed by atoms with E-state index in [9.17, 15) is 14.7 Å². The number of hydrogen-bond acceptors (Lipinski definition) is 3. The summed E-state index contributed by atoms with van der Waals surface area (Å²) < 4.78 is 1.69. The number of carboxylic acids is 1. The molecule has 0 aliphatic heterocycles. The van der Waals surface area contributed by atoms with Gasteiger partial charge < -0.3 is 10.0 Å². The van der Waals surface area contributed by atoms with E-state index in [1.165, 1.54) is 0 Å². The number of carboxylic acid groups (broad SMARTS) is 1. The molecule has 0 saturated carbocycles. The van der Waals surface area contributed by atoms with Crippen LogP contribution in [-0.4, -0.2) is 45.8 Å². The molecule has 0 fully saturated rings. The SMILES string of the molecule is CN(C)C(=O)c1ccc([C@@H]2CCc3c(c(C(=O)O)nn3C)C2)cc1. The monoisotopic (exact) mass is 327 g/mol. The first-order valence-electron chi connectivity index (χ1n) is 7.98. The summed E-state index contributed by atoms with van der Waals surface area (Å²) in [5.41, 5.74) is 3.82. The van der Waals surface area contributed by atoms with Gasteiger partial charge in [-0.05, 0) is 42.9 Å². The second-order valence-electron chi connectivity index (χ2n) is 6.46. The first kappa shape index (κ1) is 16.2. The molecule has 0 spiro atoms. The zero-order chi connectivity index (χ0) is 17.4. The third-order valence-corrected chi connectivity index (χ3v) is 4.69. The number of amides is 1. The maximum Gasteiger partial charge on any atom is 0.356 e. The van der Waals surface area contributed by atoms with Crippen molar-refractivity contribution in [2.75, 3.05) is 14.1 Å². The van der Waals surface area contributed by atoms with Crippen LogP contribution >= 0.6 is 0 Å². The Kier molecular flexibility index (Phi) is 4.13. The molecule has 1 atom stereocenters. The van der Waals surface area contributed by atoms with Gasteiger partial charge in [-0.3, -0.25) is 9.48 Å². The number of aromatic nitrogens is 2. The molecule has 126 valence electrons. The number of carbonyl (C=O) groups is 2. The van der Waals surface area contributed by atoms with Crippen LogP contribution in [0.4, 0.5) is 0 Å². The summed E-state index contributed by atoms with van der Waals surface area (Å²) in [6.45, 7) is 0. The fraction of sp³-hybridized carbons (Fsp3) is 0.389. The van der Waals surface area contributed by atoms with Crippen LogP contribution in [0.2, 0.25) is 0 Å². The molecule has 0 saturated heterocycles. The molecule has 1 N–H and O–H groups in total. The van der Waals surface area contributed by atoms with E-state index in [2.05, 4.69) is 5.10 Å². The maximum atomic E-state index is 12.0. The van der Waals surface area contributed by atoms with E-state index in [1.54, 1.807) is 30.7 Å². The Morgan fingerprint density at radius 1 is 1.25 bits per heavy atom. The van der Waals surface area contributed by atoms with Gasteiger partial charge >= 0.3 is 5.97 Å². The minimum absolute atomic E-state index is 0.0205. The van der Waals surface area contributed by atoms with Gasteiger partial charge in [-0.1, -0.05) is 12.1 Å². The smallest absolute Gasteiger partial charge is 0.356 e. The number of nitrogens with zero attached hydrogens (tertiary/aromatic N) is 3. The lowest BCUT2D eigenvalue weighted by molar-refractivity contribution is 0.0687. The van der Waals surface area contributed by atoms with Gasteiger partial charge in [0, 0.05) is 38.0 Å². The highest BCUT2D eigenvalue weighted by atomic mass is 16.4. The zero-order valence-electron chi connectivity index (χ0n) is 14.1. The number of benzene rings is 1. The van der Waals surface area contributed by atoms with Crippen molar-refractivity contribution < 1.29 is 14.7 Å². The number of rotatable bonds is 3. The molecule has 1 aliphatic carbocycles. The van der Waals surface area contributed by atoms with E-state index in [-0.39, 0.29) is 17.5 Å². The van der Waals surface area contributed by atoms with Crippen LogP contribution in [-0.2, 0) is 19.9 Å². The highest BCUT2D eigenvalue weighted by molar-refractivity contribution is 5.93. The molecule has 24 heavy (non-hydrogen) atoms. The predicted molar refractivity (Wildman–Crippen MR) is 89.4 cm³/mol.